The first-order valence-electron chi connectivity index (χ1n) is 6.32. The van der Waals surface area contributed by atoms with Gasteiger partial charge in [-0.25, -0.2) is 0 Å². The molecule has 1 heterocycles. The summed E-state index contributed by atoms with van der Waals surface area (Å²) in [6.07, 6.45) is 6.48. The van der Waals surface area contributed by atoms with Crippen LogP contribution in [0.25, 0.3) is 0 Å². The minimum absolute atomic E-state index is 0.0629. The Bertz CT molecular complexity index is 390. The number of rotatable bonds is 0. The molecule has 2 aliphatic rings. The molecule has 86 valence electrons. The lowest BCUT2D eigenvalue weighted by atomic mass is 9.73. The zero-order valence-electron chi connectivity index (χ0n) is 9.61. The minimum atomic E-state index is -0.0629. The van der Waals surface area contributed by atoms with Gasteiger partial charge in [-0.05, 0) is 49.8 Å². The predicted octanol–water partition coefficient (Wildman–Crippen LogP) is 2.90. The molecule has 1 unspecified atom stereocenters. The first kappa shape index (κ1) is 10.3. The molecule has 1 aliphatic heterocycles. The van der Waals surface area contributed by atoms with E-state index in [-0.39, 0.29) is 5.54 Å². The van der Waals surface area contributed by atoms with Crippen molar-refractivity contribution in [3.8, 4) is 0 Å². The highest BCUT2D eigenvalue weighted by Gasteiger charge is 2.36. The van der Waals surface area contributed by atoms with Crippen LogP contribution in [0.4, 0.5) is 0 Å². The molecule has 0 amide bonds. The van der Waals surface area contributed by atoms with Crippen LogP contribution in [0.3, 0.4) is 0 Å². The van der Waals surface area contributed by atoms with Crippen molar-refractivity contribution in [3.63, 3.8) is 0 Å². The molecule has 2 heteroatoms. The van der Waals surface area contributed by atoms with Gasteiger partial charge in [-0.15, -0.1) is 0 Å². The van der Waals surface area contributed by atoms with Gasteiger partial charge in [0.2, 0.25) is 0 Å². The lowest BCUT2D eigenvalue weighted by Gasteiger charge is -2.54. The van der Waals surface area contributed by atoms with Crippen molar-refractivity contribution in [1.29, 1.82) is 0 Å². The number of fused-ring (bicyclic) bond motifs is 1. The zero-order chi connectivity index (χ0) is 11.0. The van der Waals surface area contributed by atoms with Crippen molar-refractivity contribution < 1.29 is 0 Å². The fourth-order valence-corrected chi connectivity index (χ4v) is 3.28. The topological polar surface area (TPSA) is 26.3 Å². The molecular formula is C14H18NO-. The monoisotopic (exact) mass is 216 g/mol. The lowest BCUT2D eigenvalue weighted by Crippen LogP contribution is -2.52. The van der Waals surface area contributed by atoms with Crippen molar-refractivity contribution in [3.05, 3.63) is 40.6 Å². The van der Waals surface area contributed by atoms with Gasteiger partial charge in [0.1, 0.15) is 0 Å². The summed E-state index contributed by atoms with van der Waals surface area (Å²) >= 11 is 0. The van der Waals surface area contributed by atoms with E-state index in [1.54, 1.807) is 0 Å². The van der Waals surface area contributed by atoms with E-state index in [4.69, 9.17) is 0 Å². The summed E-state index contributed by atoms with van der Waals surface area (Å²) in [5, 5.41) is 13.5. The van der Waals surface area contributed by atoms with E-state index in [1.807, 2.05) is 0 Å². The van der Waals surface area contributed by atoms with Gasteiger partial charge in [-0.2, -0.15) is 0 Å². The molecule has 1 spiro atoms. The van der Waals surface area contributed by atoms with Gasteiger partial charge in [0.15, 0.2) is 0 Å². The zero-order valence-corrected chi connectivity index (χ0v) is 9.61. The molecule has 2 nitrogen and oxygen atoms in total. The summed E-state index contributed by atoms with van der Waals surface area (Å²) < 4.78 is 0. The van der Waals surface area contributed by atoms with E-state index >= 15 is 0 Å². The standard InChI is InChI=1S/C14H18NO/c16-15-10-4-3-8-14(15)9-7-12-5-1-2-6-13(12)11-14/h1-2,5-6H,3-4,7-11H2/q-1. The molecule has 1 fully saturated rings. The first-order valence-corrected chi connectivity index (χ1v) is 6.32. The van der Waals surface area contributed by atoms with Crippen LogP contribution in [-0.2, 0) is 12.8 Å². The predicted molar refractivity (Wildman–Crippen MR) is 65.1 cm³/mol. The molecule has 0 aromatic heterocycles. The van der Waals surface area contributed by atoms with Gasteiger partial charge < -0.3 is 10.3 Å². The number of hydrogen-bond donors (Lipinski definition) is 0. The number of nitrogens with zero attached hydrogens (tertiary/aromatic N) is 1. The molecule has 16 heavy (non-hydrogen) atoms. The van der Waals surface area contributed by atoms with Crippen LogP contribution in [0.5, 0.6) is 0 Å². The van der Waals surface area contributed by atoms with Crippen LogP contribution < -0.4 is 0 Å². The van der Waals surface area contributed by atoms with E-state index in [1.165, 1.54) is 22.6 Å². The van der Waals surface area contributed by atoms with Crippen molar-refractivity contribution in [2.24, 2.45) is 0 Å². The SMILES string of the molecule is [O-]N1CCCCC12CCc1ccccc1C2. The summed E-state index contributed by atoms with van der Waals surface area (Å²) in [5.41, 5.74) is 2.79. The Balaban J connectivity index is 1.91. The average molecular weight is 216 g/mol. The Hall–Kier alpha value is -0.860. The van der Waals surface area contributed by atoms with Gasteiger partial charge in [0.05, 0.1) is 0 Å². The van der Waals surface area contributed by atoms with Crippen molar-refractivity contribution >= 4 is 0 Å². The number of hydroxylamine groups is 2. The molecule has 1 aliphatic carbocycles. The van der Waals surface area contributed by atoms with E-state index < -0.39 is 0 Å². The van der Waals surface area contributed by atoms with Gasteiger partial charge in [0, 0.05) is 5.54 Å². The highest BCUT2D eigenvalue weighted by atomic mass is 16.5. The second-order valence-corrected chi connectivity index (χ2v) is 5.23. The smallest absolute Gasteiger partial charge is 0.0135 e. The maximum Gasteiger partial charge on any atom is 0.0135 e. The van der Waals surface area contributed by atoms with E-state index in [0.29, 0.717) is 0 Å². The summed E-state index contributed by atoms with van der Waals surface area (Å²) in [4.78, 5) is 0. The third-order valence-corrected chi connectivity index (χ3v) is 4.28. The van der Waals surface area contributed by atoms with Crippen LogP contribution >= 0.6 is 0 Å². The number of piperidine rings is 1. The highest BCUT2D eigenvalue weighted by molar-refractivity contribution is 5.32. The summed E-state index contributed by atoms with van der Waals surface area (Å²) in [5.74, 6) is 0. The molecule has 0 N–H and O–H groups in total. The van der Waals surface area contributed by atoms with Gasteiger partial charge in [0.25, 0.3) is 0 Å². The van der Waals surface area contributed by atoms with E-state index in [2.05, 4.69) is 24.3 Å². The first-order chi connectivity index (χ1) is 7.80. The number of aryl methyl sites for hydroxylation is 1. The van der Waals surface area contributed by atoms with Crippen LogP contribution in [-0.4, -0.2) is 17.1 Å². The molecule has 3 rings (SSSR count). The lowest BCUT2D eigenvalue weighted by molar-refractivity contribution is 0.0802. The van der Waals surface area contributed by atoms with Gasteiger partial charge >= 0.3 is 0 Å². The molecule has 0 bridgehead atoms. The Morgan fingerprint density at radius 1 is 1.06 bits per heavy atom. The fraction of sp³-hybridized carbons (Fsp3) is 0.571. The maximum atomic E-state index is 12.1. The highest BCUT2D eigenvalue weighted by Crippen LogP contribution is 2.39. The fourth-order valence-electron chi connectivity index (χ4n) is 3.28. The van der Waals surface area contributed by atoms with Crippen LogP contribution in [0.15, 0.2) is 24.3 Å². The summed E-state index contributed by atoms with van der Waals surface area (Å²) in [7, 11) is 0. The molecular weight excluding hydrogens is 198 g/mol. The second kappa shape index (κ2) is 3.86. The normalized spacial score (nSPS) is 30.3. The van der Waals surface area contributed by atoms with Gasteiger partial charge in [-0.1, -0.05) is 30.7 Å². The Labute approximate surface area is 96.8 Å². The number of benzene rings is 1. The molecule has 1 saturated heterocycles. The summed E-state index contributed by atoms with van der Waals surface area (Å²) in [6, 6.07) is 8.60. The van der Waals surface area contributed by atoms with Crippen molar-refractivity contribution in [2.45, 2.75) is 44.1 Å². The molecule has 1 atom stereocenters. The van der Waals surface area contributed by atoms with Crippen LogP contribution in [0.1, 0.15) is 36.8 Å². The van der Waals surface area contributed by atoms with Crippen molar-refractivity contribution in [1.82, 2.24) is 5.06 Å². The largest absolute Gasteiger partial charge is 0.785 e. The van der Waals surface area contributed by atoms with E-state index in [0.717, 1.165) is 38.6 Å². The molecule has 1 aromatic rings. The van der Waals surface area contributed by atoms with E-state index in [9.17, 15) is 5.21 Å². The minimum Gasteiger partial charge on any atom is -0.785 e. The third-order valence-electron chi connectivity index (χ3n) is 4.28. The Morgan fingerprint density at radius 3 is 2.69 bits per heavy atom. The molecule has 0 saturated carbocycles. The maximum absolute atomic E-state index is 12.1. The molecule has 1 aromatic carbocycles. The van der Waals surface area contributed by atoms with Gasteiger partial charge in [-0.3, -0.25) is 0 Å². The van der Waals surface area contributed by atoms with Crippen molar-refractivity contribution in [2.75, 3.05) is 6.54 Å². The average Bonchev–Trinajstić information content (AvgIpc) is 2.33. The van der Waals surface area contributed by atoms with Crippen LogP contribution in [0, 0.1) is 5.21 Å². The quantitative estimate of drug-likeness (QED) is 0.666. The Morgan fingerprint density at radius 2 is 1.88 bits per heavy atom. The molecule has 0 radical (unpaired) electrons. The number of hydrogen-bond acceptors (Lipinski definition) is 2. The summed E-state index contributed by atoms with van der Waals surface area (Å²) in [6.45, 7) is 0.738. The Kier molecular flexibility index (Phi) is 2.49. The second-order valence-electron chi connectivity index (χ2n) is 5.23. The van der Waals surface area contributed by atoms with Crippen LogP contribution in [0.2, 0.25) is 0 Å². The third kappa shape index (κ3) is 1.57.